The summed E-state index contributed by atoms with van der Waals surface area (Å²) in [6, 6.07) is 8.69. The minimum absolute atomic E-state index is 0.0226. The first-order valence-electron chi connectivity index (χ1n) is 8.33. The first-order chi connectivity index (χ1) is 12.3. The van der Waals surface area contributed by atoms with Crippen molar-refractivity contribution >= 4 is 17.8 Å². The van der Waals surface area contributed by atoms with E-state index in [0.717, 1.165) is 11.3 Å². The Hall–Kier alpha value is -3.09. The maximum Gasteiger partial charge on any atom is 0.339 e. The summed E-state index contributed by atoms with van der Waals surface area (Å²) in [5, 5.41) is 0. The number of benzene rings is 1. The molecule has 2 aromatic rings. The summed E-state index contributed by atoms with van der Waals surface area (Å²) < 4.78 is 6.70. The molecular weight excluding hydrogens is 334 g/mol. The Morgan fingerprint density at radius 2 is 1.69 bits per heavy atom. The fourth-order valence-corrected chi connectivity index (χ4v) is 2.55. The Bertz CT molecular complexity index is 822. The fourth-order valence-electron chi connectivity index (χ4n) is 2.55. The van der Waals surface area contributed by atoms with Crippen LogP contribution in [0.1, 0.15) is 44.6 Å². The van der Waals surface area contributed by atoms with Gasteiger partial charge in [-0.2, -0.15) is 0 Å². The summed E-state index contributed by atoms with van der Waals surface area (Å²) in [5.74, 6) is -1.21. The van der Waals surface area contributed by atoms with Crippen molar-refractivity contribution in [1.29, 1.82) is 0 Å². The number of esters is 1. The molecule has 2 rings (SSSR count). The van der Waals surface area contributed by atoms with Crippen molar-refractivity contribution < 1.29 is 19.1 Å². The fraction of sp³-hybridized carbons (Fsp3) is 0.316. The molecule has 0 fully saturated rings. The molecule has 0 saturated heterocycles. The van der Waals surface area contributed by atoms with Crippen LogP contribution in [0, 0.1) is 20.8 Å². The van der Waals surface area contributed by atoms with Gasteiger partial charge in [-0.05, 0) is 45.9 Å². The molecule has 2 amide bonds. The number of aryl methyl sites for hydroxylation is 2. The molecule has 1 aromatic heterocycles. The zero-order valence-corrected chi connectivity index (χ0v) is 15.4. The number of amides is 2. The summed E-state index contributed by atoms with van der Waals surface area (Å²) >= 11 is 0. The van der Waals surface area contributed by atoms with Crippen LogP contribution in [0.2, 0.25) is 0 Å². The van der Waals surface area contributed by atoms with Gasteiger partial charge in [-0.1, -0.05) is 17.7 Å². The van der Waals surface area contributed by atoms with Crippen LogP contribution in [0.5, 0.6) is 0 Å². The van der Waals surface area contributed by atoms with Crippen molar-refractivity contribution in [1.82, 2.24) is 15.4 Å². The third-order valence-electron chi connectivity index (χ3n) is 4.00. The number of nitrogens with zero attached hydrogens (tertiary/aromatic N) is 1. The first-order valence-corrected chi connectivity index (χ1v) is 8.33. The Morgan fingerprint density at radius 1 is 1.04 bits per heavy atom. The Balaban J connectivity index is 1.98. The van der Waals surface area contributed by atoms with E-state index in [0.29, 0.717) is 16.8 Å². The van der Waals surface area contributed by atoms with Crippen LogP contribution in [0.15, 0.2) is 30.3 Å². The summed E-state index contributed by atoms with van der Waals surface area (Å²) in [5.41, 5.74) is 8.09. The third kappa shape index (κ3) is 4.50. The van der Waals surface area contributed by atoms with E-state index in [1.807, 2.05) is 19.1 Å². The average Bonchev–Trinajstić information content (AvgIpc) is 2.89. The minimum Gasteiger partial charge on any atom is -0.462 e. The predicted octanol–water partition coefficient (Wildman–Crippen LogP) is 2.05. The van der Waals surface area contributed by atoms with Gasteiger partial charge in [0.15, 0.2) is 0 Å². The largest absolute Gasteiger partial charge is 0.462 e. The summed E-state index contributed by atoms with van der Waals surface area (Å²) in [6.45, 7) is 7.47. The Morgan fingerprint density at radius 3 is 2.31 bits per heavy atom. The van der Waals surface area contributed by atoms with Gasteiger partial charge < -0.3 is 9.30 Å². The molecule has 0 spiro atoms. The van der Waals surface area contributed by atoms with Gasteiger partial charge in [0.05, 0.1) is 12.2 Å². The molecule has 7 heteroatoms. The van der Waals surface area contributed by atoms with E-state index in [2.05, 4.69) is 10.9 Å². The van der Waals surface area contributed by atoms with Crippen molar-refractivity contribution in [3.8, 4) is 0 Å². The van der Waals surface area contributed by atoms with Gasteiger partial charge in [0.2, 0.25) is 0 Å². The molecule has 0 aliphatic rings. The van der Waals surface area contributed by atoms with Crippen molar-refractivity contribution in [2.24, 2.45) is 0 Å². The average molecular weight is 357 g/mol. The molecular formula is C19H23N3O4. The molecule has 2 N–H and O–H groups in total. The van der Waals surface area contributed by atoms with E-state index in [1.54, 1.807) is 43.5 Å². The molecule has 0 bridgehead atoms. The quantitative estimate of drug-likeness (QED) is 0.633. The van der Waals surface area contributed by atoms with Crippen LogP contribution < -0.4 is 10.9 Å². The highest BCUT2D eigenvalue weighted by Gasteiger charge is 2.18. The maximum absolute atomic E-state index is 12.1. The van der Waals surface area contributed by atoms with Gasteiger partial charge in [-0.15, -0.1) is 0 Å². The monoisotopic (exact) mass is 357 g/mol. The van der Waals surface area contributed by atoms with E-state index >= 15 is 0 Å². The molecule has 0 unspecified atom stereocenters. The van der Waals surface area contributed by atoms with E-state index in [9.17, 15) is 14.4 Å². The van der Waals surface area contributed by atoms with Crippen molar-refractivity contribution in [2.75, 3.05) is 6.61 Å². The number of rotatable bonds is 5. The number of hydrogen-bond acceptors (Lipinski definition) is 4. The van der Waals surface area contributed by atoms with Gasteiger partial charge in [0.1, 0.15) is 6.54 Å². The first kappa shape index (κ1) is 19.2. The molecule has 26 heavy (non-hydrogen) atoms. The van der Waals surface area contributed by atoms with Crippen LogP contribution in [0.25, 0.3) is 0 Å². The number of hydrogen-bond donors (Lipinski definition) is 2. The molecule has 1 heterocycles. The van der Waals surface area contributed by atoms with Crippen LogP contribution in [0.3, 0.4) is 0 Å². The summed E-state index contributed by atoms with van der Waals surface area (Å²) in [4.78, 5) is 36.1. The van der Waals surface area contributed by atoms with E-state index in [4.69, 9.17) is 4.74 Å². The molecule has 7 nitrogen and oxygen atoms in total. The Kier molecular flexibility index (Phi) is 6.16. The van der Waals surface area contributed by atoms with E-state index < -0.39 is 17.8 Å². The number of hydrazine groups is 1. The van der Waals surface area contributed by atoms with Gasteiger partial charge >= 0.3 is 5.97 Å². The lowest BCUT2D eigenvalue weighted by atomic mass is 10.1. The van der Waals surface area contributed by atoms with Gasteiger partial charge in [0.25, 0.3) is 11.8 Å². The molecule has 0 radical (unpaired) electrons. The number of carbonyl (C=O) groups is 3. The van der Waals surface area contributed by atoms with Crippen molar-refractivity contribution in [2.45, 2.75) is 34.2 Å². The molecule has 0 aliphatic carbocycles. The van der Waals surface area contributed by atoms with Crippen LogP contribution >= 0.6 is 0 Å². The second kappa shape index (κ2) is 8.33. The lowest BCUT2D eigenvalue weighted by Crippen LogP contribution is -2.43. The molecule has 0 saturated carbocycles. The lowest BCUT2D eigenvalue weighted by Gasteiger charge is -2.11. The van der Waals surface area contributed by atoms with E-state index in [-0.39, 0.29) is 13.2 Å². The second-order valence-electron chi connectivity index (χ2n) is 5.96. The number of aromatic nitrogens is 1. The maximum atomic E-state index is 12.1. The lowest BCUT2D eigenvalue weighted by molar-refractivity contribution is -0.122. The number of nitrogens with one attached hydrogen (secondary N) is 2. The highest BCUT2D eigenvalue weighted by molar-refractivity contribution is 5.95. The molecule has 1 aromatic carbocycles. The summed E-state index contributed by atoms with van der Waals surface area (Å²) in [6.07, 6.45) is 0. The van der Waals surface area contributed by atoms with Gasteiger partial charge in [-0.3, -0.25) is 20.4 Å². The predicted molar refractivity (Wildman–Crippen MR) is 96.7 cm³/mol. The minimum atomic E-state index is -0.417. The number of carbonyl (C=O) groups excluding carboxylic acids is 3. The SMILES string of the molecule is CCOC(=O)c1cc(C)n(CC(=O)NNC(=O)c2ccc(C)cc2)c1C. The topological polar surface area (TPSA) is 89.4 Å². The molecule has 0 aliphatic heterocycles. The van der Waals surface area contributed by atoms with Crippen molar-refractivity contribution in [3.63, 3.8) is 0 Å². The molecule has 138 valence electrons. The smallest absolute Gasteiger partial charge is 0.339 e. The zero-order valence-electron chi connectivity index (χ0n) is 15.4. The second-order valence-corrected chi connectivity index (χ2v) is 5.96. The number of ether oxygens (including phenoxy) is 1. The Labute approximate surface area is 152 Å². The highest BCUT2D eigenvalue weighted by atomic mass is 16.5. The van der Waals surface area contributed by atoms with Crippen LogP contribution in [-0.4, -0.2) is 29.0 Å². The van der Waals surface area contributed by atoms with Gasteiger partial charge in [-0.25, -0.2) is 4.79 Å². The highest BCUT2D eigenvalue weighted by Crippen LogP contribution is 2.16. The van der Waals surface area contributed by atoms with Gasteiger partial charge in [0, 0.05) is 17.0 Å². The molecule has 0 atom stereocenters. The zero-order chi connectivity index (χ0) is 19.3. The van der Waals surface area contributed by atoms with Crippen LogP contribution in [0.4, 0.5) is 0 Å². The third-order valence-corrected chi connectivity index (χ3v) is 4.00. The van der Waals surface area contributed by atoms with Crippen molar-refractivity contribution in [3.05, 3.63) is 58.4 Å². The normalized spacial score (nSPS) is 10.3. The summed E-state index contributed by atoms with van der Waals surface area (Å²) in [7, 11) is 0. The van der Waals surface area contributed by atoms with Crippen LogP contribution in [-0.2, 0) is 16.1 Å². The van der Waals surface area contributed by atoms with E-state index in [1.165, 1.54) is 0 Å². The standard InChI is InChI=1S/C19H23N3O4/c1-5-26-19(25)16-10-13(3)22(14(16)4)11-17(23)20-21-18(24)15-8-6-12(2)7-9-15/h6-10H,5,11H2,1-4H3,(H,20,23)(H,21,24).